The van der Waals surface area contributed by atoms with Crippen molar-refractivity contribution >= 4 is 29.2 Å². The Kier molecular flexibility index (Phi) is 4.27. The number of hydrogen-bond donors (Lipinski definition) is 0. The van der Waals surface area contributed by atoms with E-state index in [4.69, 9.17) is 32.7 Å². The van der Waals surface area contributed by atoms with E-state index in [1.807, 2.05) is 13.8 Å². The molecule has 1 rings (SSSR count). The summed E-state index contributed by atoms with van der Waals surface area (Å²) < 4.78 is 10.4. The smallest absolute Gasteiger partial charge is 0.324 e. The standard InChI is InChI=1S/C10H16Cl2O3/c1-10(2)5-15-9(13)7(12)4-6(11)8(10)14-3/h6-8H,4-5H2,1-3H3/t6-,7+,8-/m1/s1. The summed E-state index contributed by atoms with van der Waals surface area (Å²) in [6, 6.07) is 0. The zero-order valence-corrected chi connectivity index (χ0v) is 10.6. The van der Waals surface area contributed by atoms with E-state index in [0.717, 1.165) is 0 Å². The summed E-state index contributed by atoms with van der Waals surface area (Å²) in [5, 5.41) is -0.957. The minimum absolute atomic E-state index is 0.173. The predicted octanol–water partition coefficient (Wildman–Crippen LogP) is 2.19. The van der Waals surface area contributed by atoms with Crippen LogP contribution >= 0.6 is 23.2 Å². The molecule has 0 aromatic carbocycles. The molecule has 0 unspecified atom stereocenters. The molecular formula is C10H16Cl2O3. The molecule has 0 aliphatic carbocycles. The van der Waals surface area contributed by atoms with Crippen LogP contribution < -0.4 is 0 Å². The maximum atomic E-state index is 11.3. The molecule has 5 heteroatoms. The maximum absolute atomic E-state index is 11.3. The van der Waals surface area contributed by atoms with Crippen molar-refractivity contribution in [1.29, 1.82) is 0 Å². The van der Waals surface area contributed by atoms with Crippen LogP contribution in [0.15, 0.2) is 0 Å². The highest BCUT2D eigenvalue weighted by atomic mass is 35.5. The van der Waals surface area contributed by atoms with Gasteiger partial charge in [0.15, 0.2) is 0 Å². The number of rotatable bonds is 1. The monoisotopic (exact) mass is 254 g/mol. The molecule has 0 aromatic rings. The van der Waals surface area contributed by atoms with Gasteiger partial charge in [-0.25, -0.2) is 0 Å². The zero-order valence-electron chi connectivity index (χ0n) is 9.13. The third-order valence-corrected chi connectivity index (χ3v) is 3.39. The largest absolute Gasteiger partial charge is 0.464 e. The fourth-order valence-electron chi connectivity index (χ4n) is 1.80. The molecular weight excluding hydrogens is 239 g/mol. The first-order chi connectivity index (χ1) is 6.88. The maximum Gasteiger partial charge on any atom is 0.324 e. The highest BCUT2D eigenvalue weighted by Gasteiger charge is 2.40. The van der Waals surface area contributed by atoms with Crippen molar-refractivity contribution < 1.29 is 14.3 Å². The molecule has 0 N–H and O–H groups in total. The molecule has 0 aromatic heterocycles. The van der Waals surface area contributed by atoms with Crippen LogP contribution in [0.4, 0.5) is 0 Å². The van der Waals surface area contributed by atoms with Crippen molar-refractivity contribution in [3.8, 4) is 0 Å². The zero-order chi connectivity index (χ0) is 11.6. The fourth-order valence-corrected chi connectivity index (χ4v) is 2.77. The Bertz CT molecular complexity index is 243. The molecule has 0 amide bonds. The Hall–Kier alpha value is 0.01000. The van der Waals surface area contributed by atoms with Crippen molar-refractivity contribution in [1.82, 2.24) is 0 Å². The molecule has 0 saturated carbocycles. The van der Waals surface area contributed by atoms with Crippen molar-refractivity contribution in [2.45, 2.75) is 37.1 Å². The van der Waals surface area contributed by atoms with Crippen LogP contribution in [-0.2, 0) is 14.3 Å². The summed E-state index contributed by atoms with van der Waals surface area (Å²) in [6.07, 6.45) is 0.192. The van der Waals surface area contributed by atoms with Crippen LogP contribution in [0.2, 0.25) is 0 Å². The van der Waals surface area contributed by atoms with E-state index in [9.17, 15) is 4.79 Å². The van der Waals surface area contributed by atoms with Crippen molar-refractivity contribution in [2.24, 2.45) is 5.41 Å². The Morgan fingerprint density at radius 3 is 2.60 bits per heavy atom. The first-order valence-corrected chi connectivity index (χ1v) is 5.73. The summed E-state index contributed by atoms with van der Waals surface area (Å²) in [4.78, 5) is 11.3. The van der Waals surface area contributed by atoms with Gasteiger partial charge in [0, 0.05) is 12.5 Å². The number of halogens is 2. The lowest BCUT2D eigenvalue weighted by atomic mass is 9.83. The van der Waals surface area contributed by atoms with E-state index in [0.29, 0.717) is 6.42 Å². The normalized spacial score (nSPS) is 36.6. The second-order valence-electron chi connectivity index (χ2n) is 4.47. The van der Waals surface area contributed by atoms with Gasteiger partial charge in [-0.05, 0) is 6.42 Å². The van der Waals surface area contributed by atoms with Gasteiger partial charge in [0.1, 0.15) is 5.38 Å². The highest BCUT2D eigenvalue weighted by molar-refractivity contribution is 6.31. The topological polar surface area (TPSA) is 35.5 Å². The van der Waals surface area contributed by atoms with Crippen LogP contribution in [-0.4, -0.2) is 36.5 Å². The Morgan fingerprint density at radius 1 is 1.47 bits per heavy atom. The summed E-state index contributed by atoms with van der Waals surface area (Å²) >= 11 is 12.0. The fraction of sp³-hybridized carbons (Fsp3) is 0.900. The minimum Gasteiger partial charge on any atom is -0.464 e. The van der Waals surface area contributed by atoms with Gasteiger partial charge in [0.2, 0.25) is 0 Å². The summed E-state index contributed by atoms with van der Waals surface area (Å²) in [5.74, 6) is -0.398. The van der Waals surface area contributed by atoms with Gasteiger partial charge in [-0.3, -0.25) is 4.79 Å². The molecule has 1 fully saturated rings. The highest BCUT2D eigenvalue weighted by Crippen LogP contribution is 2.33. The third kappa shape index (κ3) is 2.99. The lowest BCUT2D eigenvalue weighted by molar-refractivity contribution is -0.152. The second-order valence-corrected chi connectivity index (χ2v) is 5.56. The van der Waals surface area contributed by atoms with Crippen LogP contribution in [0.3, 0.4) is 0 Å². The number of alkyl halides is 2. The van der Waals surface area contributed by atoms with Crippen LogP contribution in [0.1, 0.15) is 20.3 Å². The lowest BCUT2D eigenvalue weighted by Crippen LogP contribution is -2.46. The van der Waals surface area contributed by atoms with Crippen molar-refractivity contribution in [3.05, 3.63) is 0 Å². The molecule has 1 aliphatic heterocycles. The second kappa shape index (κ2) is 4.89. The number of carbonyl (C=O) groups is 1. The SMILES string of the molecule is CO[C@@H]1[C@H](Cl)C[C@H](Cl)C(=O)OCC1(C)C. The molecule has 1 aliphatic rings. The summed E-state index contributed by atoms with van der Waals surface area (Å²) in [5.41, 5.74) is -0.298. The number of esters is 1. The van der Waals surface area contributed by atoms with Gasteiger partial charge in [0.25, 0.3) is 0 Å². The number of hydrogen-bond acceptors (Lipinski definition) is 3. The van der Waals surface area contributed by atoms with E-state index in [1.54, 1.807) is 7.11 Å². The molecule has 3 nitrogen and oxygen atoms in total. The van der Waals surface area contributed by atoms with E-state index < -0.39 is 11.3 Å². The molecule has 1 heterocycles. The summed E-state index contributed by atoms with van der Waals surface area (Å²) in [7, 11) is 1.61. The van der Waals surface area contributed by atoms with E-state index in [2.05, 4.69) is 0 Å². The third-order valence-electron chi connectivity index (χ3n) is 2.63. The molecule has 1 saturated heterocycles. The van der Waals surface area contributed by atoms with Gasteiger partial charge >= 0.3 is 5.97 Å². The first-order valence-electron chi connectivity index (χ1n) is 4.86. The molecule has 0 bridgehead atoms. The first kappa shape index (κ1) is 13.1. The molecule has 0 radical (unpaired) electrons. The van der Waals surface area contributed by atoms with Gasteiger partial charge in [-0.1, -0.05) is 13.8 Å². The van der Waals surface area contributed by atoms with Crippen LogP contribution in [0.25, 0.3) is 0 Å². The van der Waals surface area contributed by atoms with Gasteiger partial charge < -0.3 is 9.47 Å². The van der Waals surface area contributed by atoms with E-state index in [1.165, 1.54) is 0 Å². The van der Waals surface area contributed by atoms with Crippen LogP contribution in [0.5, 0.6) is 0 Å². The number of ether oxygens (including phenoxy) is 2. The van der Waals surface area contributed by atoms with Gasteiger partial charge in [0.05, 0.1) is 18.1 Å². The summed E-state index contributed by atoms with van der Waals surface area (Å²) in [6.45, 7) is 4.19. The number of methoxy groups -OCH3 is 1. The Morgan fingerprint density at radius 2 is 2.07 bits per heavy atom. The number of carbonyl (C=O) groups excluding carboxylic acids is 1. The van der Waals surface area contributed by atoms with E-state index >= 15 is 0 Å². The average Bonchev–Trinajstić information content (AvgIpc) is 2.13. The average molecular weight is 255 g/mol. The predicted molar refractivity (Wildman–Crippen MR) is 59.4 cm³/mol. The molecule has 0 spiro atoms. The minimum atomic E-state index is -0.679. The Labute approximate surface area is 100 Å². The lowest BCUT2D eigenvalue weighted by Gasteiger charge is -2.38. The molecule has 88 valence electrons. The van der Waals surface area contributed by atoms with Crippen LogP contribution in [0, 0.1) is 5.41 Å². The van der Waals surface area contributed by atoms with Crippen molar-refractivity contribution in [3.63, 3.8) is 0 Å². The number of cyclic esters (lactones) is 1. The van der Waals surface area contributed by atoms with Gasteiger partial charge in [-0.15, -0.1) is 23.2 Å². The quantitative estimate of drug-likeness (QED) is 0.532. The molecule has 3 atom stereocenters. The van der Waals surface area contributed by atoms with Gasteiger partial charge in [-0.2, -0.15) is 0 Å². The molecule has 15 heavy (non-hydrogen) atoms. The van der Waals surface area contributed by atoms with E-state index in [-0.39, 0.29) is 23.5 Å². The Balaban J connectivity index is 2.84. The van der Waals surface area contributed by atoms with Crippen molar-refractivity contribution in [2.75, 3.05) is 13.7 Å².